The quantitative estimate of drug-likeness (QED) is 0.832. The second kappa shape index (κ2) is 7.03. The zero-order chi connectivity index (χ0) is 18.1. The van der Waals surface area contributed by atoms with Crippen molar-refractivity contribution in [1.82, 2.24) is 15.1 Å². The fourth-order valence-electron chi connectivity index (χ4n) is 3.53. The topological polar surface area (TPSA) is 74.4 Å². The number of ether oxygens (including phenoxy) is 2. The summed E-state index contributed by atoms with van der Waals surface area (Å²) in [7, 11) is 2.05. The first-order valence-corrected chi connectivity index (χ1v) is 9.04. The van der Waals surface area contributed by atoms with E-state index in [1.807, 2.05) is 23.1 Å². The van der Waals surface area contributed by atoms with Crippen molar-refractivity contribution >= 4 is 17.6 Å². The summed E-state index contributed by atoms with van der Waals surface area (Å²) in [6, 6.07) is 5.25. The number of piperazine rings is 1. The predicted octanol–water partition coefficient (Wildman–Crippen LogP) is 0.520. The molecule has 0 bridgehead atoms. The molecule has 4 rings (SSSR count). The van der Waals surface area contributed by atoms with E-state index in [2.05, 4.69) is 17.3 Å². The van der Waals surface area contributed by atoms with Crippen LogP contribution in [0.15, 0.2) is 18.2 Å². The van der Waals surface area contributed by atoms with Gasteiger partial charge in [-0.15, -0.1) is 0 Å². The summed E-state index contributed by atoms with van der Waals surface area (Å²) in [5.41, 5.74) is 0.774. The fraction of sp³-hybridized carbons (Fsp3) is 0.556. The van der Waals surface area contributed by atoms with Crippen LogP contribution in [0.25, 0.3) is 0 Å². The highest BCUT2D eigenvalue weighted by Crippen LogP contribution is 2.35. The second-order valence-corrected chi connectivity index (χ2v) is 6.97. The van der Waals surface area contributed by atoms with Crippen LogP contribution in [-0.4, -0.2) is 80.8 Å². The molecule has 1 aromatic rings. The van der Waals surface area contributed by atoms with Crippen LogP contribution in [0.5, 0.6) is 11.5 Å². The summed E-state index contributed by atoms with van der Waals surface area (Å²) in [5, 5.41) is 3.01. The molecule has 2 saturated heterocycles. The van der Waals surface area contributed by atoms with Gasteiger partial charge in [0.2, 0.25) is 5.91 Å². The summed E-state index contributed by atoms with van der Waals surface area (Å²) in [5.74, 6) is 1.36. The number of fused-ring (bicyclic) bond motifs is 1. The van der Waals surface area contributed by atoms with Crippen LogP contribution >= 0.6 is 0 Å². The van der Waals surface area contributed by atoms with Crippen molar-refractivity contribution in [2.75, 3.05) is 57.9 Å². The molecule has 0 saturated carbocycles. The van der Waals surface area contributed by atoms with Gasteiger partial charge in [-0.25, -0.2) is 4.79 Å². The van der Waals surface area contributed by atoms with Crippen molar-refractivity contribution in [1.29, 1.82) is 0 Å². The first kappa shape index (κ1) is 17.0. The van der Waals surface area contributed by atoms with Gasteiger partial charge in [-0.2, -0.15) is 0 Å². The van der Waals surface area contributed by atoms with Gasteiger partial charge in [-0.3, -0.25) is 4.79 Å². The van der Waals surface area contributed by atoms with Crippen LogP contribution in [0.4, 0.5) is 10.5 Å². The molecule has 0 radical (unpaired) electrons. The lowest BCUT2D eigenvalue weighted by Crippen LogP contribution is -2.52. The van der Waals surface area contributed by atoms with Gasteiger partial charge in [-0.05, 0) is 19.2 Å². The van der Waals surface area contributed by atoms with Gasteiger partial charge >= 0.3 is 6.03 Å². The maximum atomic E-state index is 12.4. The molecule has 0 aromatic heterocycles. The number of carbonyl (C=O) groups excluding carboxylic acids is 2. The predicted molar refractivity (Wildman–Crippen MR) is 95.8 cm³/mol. The molecule has 8 nitrogen and oxygen atoms in total. The number of benzene rings is 1. The zero-order valence-electron chi connectivity index (χ0n) is 14.9. The normalized spacial score (nSPS) is 23.3. The Balaban J connectivity index is 1.38. The summed E-state index contributed by atoms with van der Waals surface area (Å²) < 4.78 is 11.1. The fourth-order valence-corrected chi connectivity index (χ4v) is 3.53. The maximum Gasteiger partial charge on any atom is 0.317 e. The lowest BCUT2D eigenvalue weighted by atomic mass is 10.2. The highest BCUT2D eigenvalue weighted by molar-refractivity contribution is 5.97. The average Bonchev–Trinajstić information content (AvgIpc) is 3.02. The minimum Gasteiger partial charge on any atom is -0.486 e. The van der Waals surface area contributed by atoms with E-state index >= 15 is 0 Å². The van der Waals surface area contributed by atoms with Crippen LogP contribution in [0.1, 0.15) is 6.42 Å². The number of urea groups is 1. The Morgan fingerprint density at radius 3 is 2.62 bits per heavy atom. The third-order valence-electron chi connectivity index (χ3n) is 5.08. The zero-order valence-corrected chi connectivity index (χ0v) is 14.9. The summed E-state index contributed by atoms with van der Waals surface area (Å²) in [6.45, 7) is 4.70. The Morgan fingerprint density at radius 2 is 1.85 bits per heavy atom. The Bertz CT molecular complexity index is 702. The number of carbonyl (C=O) groups is 2. The van der Waals surface area contributed by atoms with Crippen molar-refractivity contribution in [3.8, 4) is 11.5 Å². The van der Waals surface area contributed by atoms with E-state index in [1.165, 1.54) is 0 Å². The Hall–Kier alpha value is -2.48. The second-order valence-electron chi connectivity index (χ2n) is 6.97. The minimum absolute atomic E-state index is 0.00496. The number of nitrogens with zero attached hydrogens (tertiary/aromatic N) is 3. The van der Waals surface area contributed by atoms with Gasteiger partial charge in [0.1, 0.15) is 13.2 Å². The third kappa shape index (κ3) is 3.41. The summed E-state index contributed by atoms with van der Waals surface area (Å²) >= 11 is 0. The minimum atomic E-state index is -0.178. The number of nitrogens with one attached hydrogen (secondary N) is 1. The smallest absolute Gasteiger partial charge is 0.317 e. The molecule has 3 amide bonds. The Kier molecular flexibility index (Phi) is 4.58. The molecule has 2 fully saturated rings. The molecule has 0 aliphatic carbocycles. The van der Waals surface area contributed by atoms with Gasteiger partial charge in [0, 0.05) is 50.9 Å². The number of hydrogen-bond acceptors (Lipinski definition) is 5. The molecule has 0 spiro atoms. The van der Waals surface area contributed by atoms with E-state index < -0.39 is 0 Å². The largest absolute Gasteiger partial charge is 0.486 e. The molecular weight excluding hydrogens is 336 g/mol. The number of amides is 3. The SMILES string of the molecule is CN1CCN(C(=O)N[C@H]2CC(=O)N(c3ccc4c(c3)OCCO4)C2)CC1. The van der Waals surface area contributed by atoms with Crippen LogP contribution < -0.4 is 19.7 Å². The molecule has 140 valence electrons. The van der Waals surface area contributed by atoms with E-state index in [-0.39, 0.29) is 18.0 Å². The molecule has 8 heteroatoms. The molecule has 3 heterocycles. The number of hydrogen-bond donors (Lipinski definition) is 1. The molecule has 0 unspecified atom stereocenters. The van der Waals surface area contributed by atoms with Crippen molar-refractivity contribution in [2.24, 2.45) is 0 Å². The van der Waals surface area contributed by atoms with E-state index in [0.717, 1.165) is 31.9 Å². The number of likely N-dealkylation sites (N-methyl/N-ethyl adjacent to an activating group) is 1. The monoisotopic (exact) mass is 360 g/mol. The molecule has 1 N–H and O–H groups in total. The molecule has 3 aliphatic heterocycles. The average molecular weight is 360 g/mol. The number of anilines is 1. The summed E-state index contributed by atoms with van der Waals surface area (Å²) in [4.78, 5) is 30.6. The Labute approximate surface area is 152 Å². The molecule has 1 aromatic carbocycles. The maximum absolute atomic E-state index is 12.4. The van der Waals surface area contributed by atoms with Gasteiger partial charge in [-0.1, -0.05) is 0 Å². The first-order valence-electron chi connectivity index (χ1n) is 9.04. The van der Waals surface area contributed by atoms with Crippen LogP contribution in [-0.2, 0) is 4.79 Å². The van der Waals surface area contributed by atoms with E-state index in [4.69, 9.17) is 9.47 Å². The molecule has 3 aliphatic rings. The van der Waals surface area contributed by atoms with E-state index in [1.54, 1.807) is 4.90 Å². The van der Waals surface area contributed by atoms with Gasteiger partial charge in [0.05, 0.1) is 6.04 Å². The van der Waals surface area contributed by atoms with Crippen LogP contribution in [0, 0.1) is 0 Å². The lowest BCUT2D eigenvalue weighted by Gasteiger charge is -2.33. The molecule has 1 atom stereocenters. The van der Waals surface area contributed by atoms with Gasteiger partial charge in [0.25, 0.3) is 0 Å². The van der Waals surface area contributed by atoms with Gasteiger partial charge in [0.15, 0.2) is 11.5 Å². The van der Waals surface area contributed by atoms with Crippen molar-refractivity contribution in [3.05, 3.63) is 18.2 Å². The van der Waals surface area contributed by atoms with Gasteiger partial charge < -0.3 is 29.5 Å². The lowest BCUT2D eigenvalue weighted by molar-refractivity contribution is -0.117. The summed E-state index contributed by atoms with van der Waals surface area (Å²) in [6.07, 6.45) is 0.313. The molecule has 26 heavy (non-hydrogen) atoms. The van der Waals surface area contributed by atoms with Crippen LogP contribution in [0.2, 0.25) is 0 Å². The highest BCUT2D eigenvalue weighted by Gasteiger charge is 2.33. The van der Waals surface area contributed by atoms with Crippen molar-refractivity contribution < 1.29 is 19.1 Å². The highest BCUT2D eigenvalue weighted by atomic mass is 16.6. The van der Waals surface area contributed by atoms with Crippen LogP contribution in [0.3, 0.4) is 0 Å². The van der Waals surface area contributed by atoms with E-state index in [9.17, 15) is 9.59 Å². The third-order valence-corrected chi connectivity index (χ3v) is 5.08. The Morgan fingerprint density at radius 1 is 1.12 bits per heavy atom. The van der Waals surface area contributed by atoms with E-state index in [0.29, 0.717) is 37.7 Å². The first-order chi connectivity index (χ1) is 12.6. The molecular formula is C18H24N4O4. The van der Waals surface area contributed by atoms with Crippen molar-refractivity contribution in [3.63, 3.8) is 0 Å². The standard InChI is InChI=1S/C18H24N4O4/c1-20-4-6-21(7-5-20)18(24)19-13-10-17(23)22(12-13)14-2-3-15-16(11-14)26-9-8-25-15/h2-3,11,13H,4-10,12H2,1H3,(H,19,24)/t13-/m0/s1. The van der Waals surface area contributed by atoms with Crippen molar-refractivity contribution in [2.45, 2.75) is 12.5 Å². The number of rotatable bonds is 2.